The minimum Gasteiger partial charge on any atom is -0.493 e. The van der Waals surface area contributed by atoms with Crippen molar-refractivity contribution in [2.24, 2.45) is 0 Å². The van der Waals surface area contributed by atoms with Gasteiger partial charge in [0.2, 0.25) is 0 Å². The van der Waals surface area contributed by atoms with E-state index in [1.807, 2.05) is 4.90 Å². The smallest absolute Gasteiger partial charge is 0.254 e. The van der Waals surface area contributed by atoms with Crippen LogP contribution < -0.4 is 9.47 Å². The molecule has 0 saturated carbocycles. The second kappa shape index (κ2) is 7.57. The SMILES string of the molecule is COc1ccc(C(=O)N2CCOC(c3ccc(C)cc3)C2)cc1OC. The Kier molecular flexibility index (Phi) is 5.24. The summed E-state index contributed by atoms with van der Waals surface area (Å²) in [6.45, 7) is 3.70. The van der Waals surface area contributed by atoms with E-state index in [1.54, 1.807) is 32.4 Å². The third-order valence-corrected chi connectivity index (χ3v) is 4.43. The molecule has 1 heterocycles. The van der Waals surface area contributed by atoms with Crippen molar-refractivity contribution in [3.8, 4) is 11.5 Å². The molecular weight excluding hydrogens is 318 g/mol. The standard InChI is InChI=1S/C20H23NO4/c1-14-4-6-15(7-5-14)19-13-21(10-11-25-19)20(22)16-8-9-17(23-2)18(12-16)24-3/h4-9,12,19H,10-11,13H2,1-3H3. The molecule has 0 spiro atoms. The van der Waals surface area contributed by atoms with Gasteiger partial charge < -0.3 is 19.1 Å². The van der Waals surface area contributed by atoms with Gasteiger partial charge in [-0.1, -0.05) is 29.8 Å². The Bertz CT molecular complexity index is 742. The number of carbonyl (C=O) groups excluding carboxylic acids is 1. The molecule has 1 aliphatic rings. The molecular formula is C20H23NO4. The third-order valence-electron chi connectivity index (χ3n) is 4.43. The second-order valence-corrected chi connectivity index (χ2v) is 6.09. The lowest BCUT2D eigenvalue weighted by atomic mass is 10.1. The molecule has 1 aliphatic heterocycles. The molecule has 25 heavy (non-hydrogen) atoms. The van der Waals surface area contributed by atoms with Gasteiger partial charge in [-0.05, 0) is 30.7 Å². The predicted octanol–water partition coefficient (Wildman–Crippen LogP) is 3.23. The molecule has 0 aliphatic carbocycles. The van der Waals surface area contributed by atoms with E-state index < -0.39 is 0 Å². The number of morpholine rings is 1. The van der Waals surface area contributed by atoms with Gasteiger partial charge >= 0.3 is 0 Å². The normalized spacial score (nSPS) is 17.2. The first-order valence-corrected chi connectivity index (χ1v) is 8.32. The molecule has 3 rings (SSSR count). The summed E-state index contributed by atoms with van der Waals surface area (Å²) in [5.41, 5.74) is 2.88. The predicted molar refractivity (Wildman–Crippen MR) is 95.3 cm³/mol. The van der Waals surface area contributed by atoms with E-state index in [2.05, 4.69) is 31.2 Å². The zero-order valence-corrected chi connectivity index (χ0v) is 14.8. The van der Waals surface area contributed by atoms with Crippen LogP contribution in [0.2, 0.25) is 0 Å². The van der Waals surface area contributed by atoms with E-state index in [0.29, 0.717) is 36.8 Å². The maximum absolute atomic E-state index is 12.9. The van der Waals surface area contributed by atoms with Crippen molar-refractivity contribution >= 4 is 5.91 Å². The Labute approximate surface area is 148 Å². The van der Waals surface area contributed by atoms with Gasteiger partial charge in [0.15, 0.2) is 11.5 Å². The third kappa shape index (κ3) is 3.77. The van der Waals surface area contributed by atoms with E-state index in [0.717, 1.165) is 5.56 Å². The highest BCUT2D eigenvalue weighted by atomic mass is 16.5. The van der Waals surface area contributed by atoms with Gasteiger partial charge in [-0.15, -0.1) is 0 Å². The van der Waals surface area contributed by atoms with Crippen LogP contribution in [0.25, 0.3) is 0 Å². The summed E-state index contributed by atoms with van der Waals surface area (Å²) < 4.78 is 16.4. The average molecular weight is 341 g/mol. The average Bonchev–Trinajstić information content (AvgIpc) is 2.67. The van der Waals surface area contributed by atoms with E-state index in [1.165, 1.54) is 5.56 Å². The van der Waals surface area contributed by atoms with E-state index in [4.69, 9.17) is 14.2 Å². The number of ether oxygens (including phenoxy) is 3. The van der Waals surface area contributed by atoms with Gasteiger partial charge in [0.05, 0.1) is 27.4 Å². The van der Waals surface area contributed by atoms with Gasteiger partial charge in [0.1, 0.15) is 6.10 Å². The molecule has 1 saturated heterocycles. The molecule has 1 atom stereocenters. The lowest BCUT2D eigenvalue weighted by molar-refractivity contribution is -0.0228. The zero-order chi connectivity index (χ0) is 17.8. The van der Waals surface area contributed by atoms with Gasteiger partial charge in [0, 0.05) is 12.1 Å². The number of aryl methyl sites for hydroxylation is 1. The number of nitrogens with zero attached hydrogens (tertiary/aromatic N) is 1. The number of hydrogen-bond donors (Lipinski definition) is 0. The van der Waals surface area contributed by atoms with Gasteiger partial charge in [-0.25, -0.2) is 0 Å². The summed E-state index contributed by atoms with van der Waals surface area (Å²) in [5.74, 6) is 1.14. The van der Waals surface area contributed by atoms with Crippen LogP contribution in [0, 0.1) is 6.92 Å². The minimum absolute atomic E-state index is 0.0265. The molecule has 132 valence electrons. The monoisotopic (exact) mass is 341 g/mol. The summed E-state index contributed by atoms with van der Waals surface area (Å²) in [6, 6.07) is 13.5. The Balaban J connectivity index is 1.76. The van der Waals surface area contributed by atoms with Crippen LogP contribution in [0.3, 0.4) is 0 Å². The largest absolute Gasteiger partial charge is 0.493 e. The molecule has 5 nitrogen and oxygen atoms in total. The molecule has 5 heteroatoms. The lowest BCUT2D eigenvalue weighted by Gasteiger charge is -2.33. The zero-order valence-electron chi connectivity index (χ0n) is 14.8. The summed E-state index contributed by atoms with van der Waals surface area (Å²) in [6.07, 6.45) is -0.0987. The molecule has 1 amide bonds. The van der Waals surface area contributed by atoms with Gasteiger partial charge in [-0.2, -0.15) is 0 Å². The van der Waals surface area contributed by atoms with Crippen LogP contribution in [0.1, 0.15) is 27.6 Å². The maximum Gasteiger partial charge on any atom is 0.254 e. The molecule has 1 fully saturated rings. The Hall–Kier alpha value is -2.53. The minimum atomic E-state index is -0.0987. The molecule has 2 aromatic carbocycles. The van der Waals surface area contributed by atoms with Crippen molar-refractivity contribution < 1.29 is 19.0 Å². The van der Waals surface area contributed by atoms with Crippen molar-refractivity contribution in [3.05, 3.63) is 59.2 Å². The fourth-order valence-electron chi connectivity index (χ4n) is 2.97. The van der Waals surface area contributed by atoms with E-state index >= 15 is 0 Å². The highest BCUT2D eigenvalue weighted by Gasteiger charge is 2.26. The molecule has 1 unspecified atom stereocenters. The maximum atomic E-state index is 12.9. The summed E-state index contributed by atoms with van der Waals surface area (Å²) in [4.78, 5) is 14.7. The van der Waals surface area contributed by atoms with Crippen LogP contribution in [0.5, 0.6) is 11.5 Å². The number of amides is 1. The Morgan fingerprint density at radius 3 is 2.48 bits per heavy atom. The molecule has 0 radical (unpaired) electrons. The van der Waals surface area contributed by atoms with Crippen molar-refractivity contribution in [2.45, 2.75) is 13.0 Å². The lowest BCUT2D eigenvalue weighted by Crippen LogP contribution is -2.42. The van der Waals surface area contributed by atoms with Crippen LogP contribution in [0.15, 0.2) is 42.5 Å². The number of hydrogen-bond acceptors (Lipinski definition) is 4. The number of benzene rings is 2. The summed E-state index contributed by atoms with van der Waals surface area (Å²) in [7, 11) is 3.14. The fraction of sp³-hybridized carbons (Fsp3) is 0.350. The van der Waals surface area contributed by atoms with Crippen LogP contribution >= 0.6 is 0 Å². The molecule has 0 bridgehead atoms. The first kappa shape index (κ1) is 17.3. The first-order chi connectivity index (χ1) is 12.1. The second-order valence-electron chi connectivity index (χ2n) is 6.09. The van der Waals surface area contributed by atoms with Gasteiger partial charge in [-0.3, -0.25) is 4.79 Å². The van der Waals surface area contributed by atoms with Crippen LogP contribution in [-0.2, 0) is 4.74 Å². The van der Waals surface area contributed by atoms with Crippen molar-refractivity contribution in [1.29, 1.82) is 0 Å². The van der Waals surface area contributed by atoms with E-state index in [9.17, 15) is 4.79 Å². The highest BCUT2D eigenvalue weighted by Crippen LogP contribution is 2.29. The summed E-state index contributed by atoms with van der Waals surface area (Å²) in [5, 5.41) is 0. The Morgan fingerprint density at radius 1 is 1.08 bits per heavy atom. The number of rotatable bonds is 4. The highest BCUT2D eigenvalue weighted by molar-refractivity contribution is 5.95. The fourth-order valence-corrected chi connectivity index (χ4v) is 2.97. The molecule has 0 aromatic heterocycles. The summed E-state index contributed by atoms with van der Waals surface area (Å²) >= 11 is 0. The quantitative estimate of drug-likeness (QED) is 0.857. The van der Waals surface area contributed by atoms with E-state index in [-0.39, 0.29) is 12.0 Å². The molecule has 0 N–H and O–H groups in total. The van der Waals surface area contributed by atoms with Crippen molar-refractivity contribution in [1.82, 2.24) is 4.90 Å². The molecule has 2 aromatic rings. The van der Waals surface area contributed by atoms with Crippen LogP contribution in [-0.4, -0.2) is 44.7 Å². The topological polar surface area (TPSA) is 48.0 Å². The number of carbonyl (C=O) groups is 1. The van der Waals surface area contributed by atoms with Crippen LogP contribution in [0.4, 0.5) is 0 Å². The number of methoxy groups -OCH3 is 2. The van der Waals surface area contributed by atoms with Gasteiger partial charge in [0.25, 0.3) is 5.91 Å². The first-order valence-electron chi connectivity index (χ1n) is 8.32. The Morgan fingerprint density at radius 2 is 1.80 bits per heavy atom. The van der Waals surface area contributed by atoms with Crippen molar-refractivity contribution in [3.63, 3.8) is 0 Å². The van der Waals surface area contributed by atoms with Crippen molar-refractivity contribution in [2.75, 3.05) is 33.9 Å².